The van der Waals surface area contributed by atoms with Crippen molar-refractivity contribution in [2.75, 3.05) is 28.6 Å². The van der Waals surface area contributed by atoms with Crippen LogP contribution >= 0.6 is 0 Å². The first-order valence-electron chi connectivity index (χ1n) is 17.1. The molecule has 0 saturated carbocycles. The number of nitrogens with zero attached hydrogens (tertiary/aromatic N) is 4. The molecule has 3 rings (SSSR count). The molecule has 56 heavy (non-hydrogen) atoms. The van der Waals surface area contributed by atoms with Gasteiger partial charge >= 0.3 is 18.5 Å². The second-order valence-corrected chi connectivity index (χ2v) is 15.9. The second-order valence-electron chi connectivity index (χ2n) is 15.9. The SMILES string of the molecule is CC(C)(C)Nc1ccc(C#N)c(C(F)(F)F)c1.CC(C)(C)Nc1ccc([N+](=O)[O-])c(C(F)(F)F)c1.CCCN(CC(C)(C)C)c1ccc(C#N)c(C(F)(F)F)c1. The average molecular weight is 803 g/mol. The van der Waals surface area contributed by atoms with Crippen molar-refractivity contribution in [2.24, 2.45) is 5.41 Å². The summed E-state index contributed by atoms with van der Waals surface area (Å²) in [6.45, 7) is 20.3. The first kappa shape index (κ1) is 48.8. The smallest absolute Gasteiger partial charge is 0.380 e. The average Bonchev–Trinajstić information content (AvgIpc) is 3.01. The second kappa shape index (κ2) is 18.6. The number of benzene rings is 3. The Morgan fingerprint density at radius 1 is 0.643 bits per heavy atom. The van der Waals surface area contributed by atoms with Crippen molar-refractivity contribution in [2.45, 2.75) is 105 Å². The quantitative estimate of drug-likeness (QED) is 0.139. The van der Waals surface area contributed by atoms with Crippen molar-refractivity contribution < 1.29 is 44.4 Å². The normalized spacial score (nSPS) is 12.2. The summed E-state index contributed by atoms with van der Waals surface area (Å²) in [5, 5.41) is 33.8. The van der Waals surface area contributed by atoms with E-state index in [2.05, 4.69) is 10.6 Å². The van der Waals surface area contributed by atoms with Crippen molar-refractivity contribution in [3.05, 3.63) is 92.5 Å². The van der Waals surface area contributed by atoms with E-state index in [4.69, 9.17) is 10.5 Å². The van der Waals surface area contributed by atoms with E-state index >= 15 is 0 Å². The molecule has 0 unspecified atom stereocenters. The summed E-state index contributed by atoms with van der Waals surface area (Å²) in [5.41, 5.74) is -4.40. The van der Waals surface area contributed by atoms with E-state index in [-0.39, 0.29) is 27.8 Å². The number of hydrogen-bond donors (Lipinski definition) is 2. The van der Waals surface area contributed by atoms with Crippen LogP contribution in [0.1, 0.15) is 103 Å². The molecule has 0 aliphatic rings. The van der Waals surface area contributed by atoms with E-state index in [1.54, 1.807) is 39.0 Å². The lowest BCUT2D eigenvalue weighted by molar-refractivity contribution is -0.388. The van der Waals surface area contributed by atoms with E-state index in [0.29, 0.717) is 24.5 Å². The monoisotopic (exact) mass is 802 g/mol. The number of halogens is 9. The lowest BCUT2D eigenvalue weighted by atomic mass is 9.95. The summed E-state index contributed by atoms with van der Waals surface area (Å²) in [5.74, 6) is 0. The van der Waals surface area contributed by atoms with Gasteiger partial charge in [-0.25, -0.2) is 0 Å². The van der Waals surface area contributed by atoms with Crippen LogP contribution in [0.4, 0.5) is 62.3 Å². The largest absolute Gasteiger partial charge is 0.423 e. The minimum Gasteiger partial charge on any atom is -0.380 e. The van der Waals surface area contributed by atoms with Crippen LogP contribution in [0, 0.1) is 38.2 Å². The van der Waals surface area contributed by atoms with E-state index in [1.807, 2.05) is 53.4 Å². The van der Waals surface area contributed by atoms with Crippen LogP contribution in [0.3, 0.4) is 0 Å². The maximum Gasteiger partial charge on any atom is 0.423 e. The lowest BCUT2D eigenvalue weighted by Gasteiger charge is -2.32. The zero-order chi connectivity index (χ0) is 43.7. The lowest BCUT2D eigenvalue weighted by Crippen LogP contribution is -2.33. The van der Waals surface area contributed by atoms with Gasteiger partial charge in [-0.3, -0.25) is 10.1 Å². The van der Waals surface area contributed by atoms with Crippen LogP contribution in [0.5, 0.6) is 0 Å². The summed E-state index contributed by atoms with van der Waals surface area (Å²) < 4.78 is 115. The van der Waals surface area contributed by atoms with Gasteiger partial charge in [0.1, 0.15) is 5.56 Å². The van der Waals surface area contributed by atoms with Crippen molar-refractivity contribution in [3.63, 3.8) is 0 Å². The zero-order valence-corrected chi connectivity index (χ0v) is 32.8. The van der Waals surface area contributed by atoms with Gasteiger partial charge in [0.15, 0.2) is 0 Å². The predicted molar refractivity (Wildman–Crippen MR) is 199 cm³/mol. The van der Waals surface area contributed by atoms with Gasteiger partial charge in [0, 0.05) is 47.3 Å². The molecule has 0 heterocycles. The van der Waals surface area contributed by atoms with Crippen LogP contribution < -0.4 is 15.5 Å². The van der Waals surface area contributed by atoms with Crippen molar-refractivity contribution in [1.82, 2.24) is 0 Å². The van der Waals surface area contributed by atoms with Gasteiger partial charge in [-0.15, -0.1) is 0 Å². The van der Waals surface area contributed by atoms with Gasteiger partial charge in [0.25, 0.3) is 5.69 Å². The maximum atomic E-state index is 13.0. The van der Waals surface area contributed by atoms with Crippen LogP contribution in [-0.4, -0.2) is 29.1 Å². The van der Waals surface area contributed by atoms with Gasteiger partial charge in [-0.05, 0) is 102 Å². The van der Waals surface area contributed by atoms with Gasteiger partial charge in [-0.2, -0.15) is 50.0 Å². The van der Waals surface area contributed by atoms with E-state index in [1.165, 1.54) is 24.3 Å². The fourth-order valence-electron chi connectivity index (χ4n) is 5.02. The fourth-order valence-corrected chi connectivity index (χ4v) is 5.02. The Labute approximate surface area is 321 Å². The first-order chi connectivity index (χ1) is 25.2. The Morgan fingerprint density at radius 2 is 1.04 bits per heavy atom. The molecule has 0 saturated heterocycles. The molecule has 0 aromatic heterocycles. The Hall–Kier alpha value is -5.19. The third-order valence-electron chi connectivity index (χ3n) is 6.94. The molecule has 2 N–H and O–H groups in total. The fraction of sp³-hybridized carbons (Fsp3) is 0.487. The number of rotatable bonds is 7. The number of hydrogen-bond acceptors (Lipinski definition) is 7. The van der Waals surface area contributed by atoms with E-state index in [9.17, 15) is 49.6 Å². The number of anilines is 3. The highest BCUT2D eigenvalue weighted by Crippen LogP contribution is 2.39. The van der Waals surface area contributed by atoms with Crippen LogP contribution in [0.25, 0.3) is 0 Å². The summed E-state index contributed by atoms with van der Waals surface area (Å²) in [6, 6.07) is 13.6. The highest BCUT2D eigenvalue weighted by molar-refractivity contribution is 5.57. The molecule has 0 atom stereocenters. The molecular formula is C39H47F9N6O2. The minimum absolute atomic E-state index is 0.0263. The molecule has 0 fully saturated rings. The Bertz CT molecular complexity index is 1870. The Kier molecular flexibility index (Phi) is 16.2. The van der Waals surface area contributed by atoms with Gasteiger partial charge < -0.3 is 15.5 Å². The summed E-state index contributed by atoms with van der Waals surface area (Å²) in [6.07, 6.45) is -12.9. The number of nitriles is 2. The summed E-state index contributed by atoms with van der Waals surface area (Å²) in [4.78, 5) is 11.5. The third kappa shape index (κ3) is 16.7. The summed E-state index contributed by atoms with van der Waals surface area (Å²) >= 11 is 0. The number of nitro groups is 1. The van der Waals surface area contributed by atoms with E-state index < -0.39 is 51.4 Å². The molecule has 0 bridgehead atoms. The predicted octanol–water partition coefficient (Wildman–Crippen LogP) is 12.5. The zero-order valence-electron chi connectivity index (χ0n) is 32.8. The molecule has 0 aliphatic heterocycles. The molecule has 0 spiro atoms. The molecule has 3 aromatic carbocycles. The number of nitro benzene ring substituents is 1. The standard InChI is InChI=1S/C16H21F3N2.C12H13F3N2.C11H13F3N2O2/c1-5-8-21(11-15(2,3)4)13-7-6-12(10-20)14(9-13)16(17,18)19;1-11(2,3)17-9-5-4-8(7-16)10(6-9)12(13,14)15;1-10(2,3)15-7-4-5-9(16(17)18)8(6-7)11(12,13)14/h6-7,9H,5,8,11H2,1-4H3;4-6,17H,1-3H3;4-6,15H,1-3H3. The van der Waals surface area contributed by atoms with Gasteiger partial charge in [0.05, 0.1) is 39.3 Å². The Balaban J connectivity index is 0.000000423. The maximum absolute atomic E-state index is 13.0. The van der Waals surface area contributed by atoms with Crippen molar-refractivity contribution >= 4 is 22.7 Å². The van der Waals surface area contributed by atoms with Crippen LogP contribution in [-0.2, 0) is 18.5 Å². The van der Waals surface area contributed by atoms with Gasteiger partial charge in [0.2, 0.25) is 0 Å². The summed E-state index contributed by atoms with van der Waals surface area (Å²) in [7, 11) is 0. The van der Waals surface area contributed by atoms with Crippen LogP contribution in [0.15, 0.2) is 54.6 Å². The minimum atomic E-state index is -4.75. The first-order valence-corrected chi connectivity index (χ1v) is 17.1. The Morgan fingerprint density at radius 3 is 1.39 bits per heavy atom. The highest BCUT2D eigenvalue weighted by Gasteiger charge is 2.39. The van der Waals surface area contributed by atoms with Crippen molar-refractivity contribution in [1.29, 1.82) is 10.5 Å². The third-order valence-corrected chi connectivity index (χ3v) is 6.94. The molecule has 0 amide bonds. The molecule has 0 aliphatic carbocycles. The topological polar surface area (TPSA) is 118 Å². The van der Waals surface area contributed by atoms with Crippen LogP contribution in [0.2, 0.25) is 0 Å². The number of nitrogens with one attached hydrogen (secondary N) is 2. The highest BCUT2D eigenvalue weighted by atomic mass is 19.4. The number of alkyl halides is 9. The molecule has 308 valence electrons. The van der Waals surface area contributed by atoms with Gasteiger partial charge in [-0.1, -0.05) is 27.7 Å². The molecule has 8 nitrogen and oxygen atoms in total. The molecular weight excluding hydrogens is 755 g/mol. The van der Waals surface area contributed by atoms with E-state index in [0.717, 1.165) is 30.7 Å². The molecule has 3 aromatic rings. The molecule has 17 heteroatoms. The molecule has 0 radical (unpaired) electrons. The van der Waals surface area contributed by atoms with Crippen molar-refractivity contribution in [3.8, 4) is 12.1 Å².